The zero-order chi connectivity index (χ0) is 6.69. The van der Waals surface area contributed by atoms with E-state index < -0.39 is 7.68 Å². The Bertz CT molecular complexity index is 174. The van der Waals surface area contributed by atoms with Crippen LogP contribution in [0, 0.1) is 0 Å². The molecule has 1 rings (SSSR count). The summed E-state index contributed by atoms with van der Waals surface area (Å²) in [4.78, 5) is 0. The van der Waals surface area contributed by atoms with Gasteiger partial charge in [0, 0.05) is 0 Å². The highest BCUT2D eigenvalue weighted by Gasteiger charge is 1.91. The molecule has 0 fully saturated rings. The van der Waals surface area contributed by atoms with Crippen LogP contribution in [0.5, 0.6) is 0 Å². The predicted molar refractivity (Wildman–Crippen MR) is 44.5 cm³/mol. The molecule has 0 amide bonds. The first-order chi connectivity index (χ1) is 4.30. The molecule has 3 heteroatoms. The summed E-state index contributed by atoms with van der Waals surface area (Å²) in [6, 6.07) is 9.69. The average Bonchev–Trinajstić information content (AvgIpc) is 1.90. The second kappa shape index (κ2) is 3.08. The monoisotopic (exact) mass is 130 g/mol. The summed E-state index contributed by atoms with van der Waals surface area (Å²) in [5, 5.41) is 1.03. The summed E-state index contributed by atoms with van der Waals surface area (Å²) >= 11 is 0. The molecule has 0 aliphatic rings. The van der Waals surface area contributed by atoms with Gasteiger partial charge < -0.3 is 0 Å². The molecular weight excluding hydrogens is 125 g/mol. The molecule has 0 aliphatic heterocycles. The van der Waals surface area contributed by atoms with E-state index in [4.69, 9.17) is 15.1 Å². The van der Waals surface area contributed by atoms with Crippen LogP contribution in [0.1, 0.15) is 0 Å². The maximum Gasteiger partial charge on any atom is 0.101 e. The van der Waals surface area contributed by atoms with E-state index in [0.29, 0.717) is 0 Å². The number of hydrogen-bond acceptors (Lipinski definition) is 0. The summed E-state index contributed by atoms with van der Waals surface area (Å²) < 4.78 is 0. The molecule has 0 spiro atoms. The van der Waals surface area contributed by atoms with Gasteiger partial charge in [0.1, 0.15) is 15.1 Å². The van der Waals surface area contributed by atoms with E-state index in [1.807, 2.05) is 30.3 Å². The molecule has 1 aromatic carbocycles. The second-order valence-corrected chi connectivity index (χ2v) is 3.07. The summed E-state index contributed by atoms with van der Waals surface area (Å²) in [5.41, 5.74) is 0. The lowest BCUT2D eigenvalue weighted by atomic mass is 10.4. The Labute approximate surface area is 59.1 Å². The first-order valence-corrected chi connectivity index (χ1v) is 4.13. The lowest BCUT2D eigenvalue weighted by Gasteiger charge is -2.03. The standard InChI is InChI=1S/C6H5B2P/c7-9(8)6-4-2-1-3-5-6/h1-5H. The number of benzene rings is 1. The second-order valence-electron chi connectivity index (χ2n) is 1.74. The minimum Gasteiger partial charge on any atom is -0.173 e. The van der Waals surface area contributed by atoms with E-state index in [9.17, 15) is 0 Å². The Balaban J connectivity index is 2.85. The first kappa shape index (κ1) is 6.89. The van der Waals surface area contributed by atoms with E-state index in [-0.39, 0.29) is 0 Å². The van der Waals surface area contributed by atoms with Gasteiger partial charge in [-0.15, -0.1) is 0 Å². The fourth-order valence-corrected chi connectivity index (χ4v) is 1.12. The van der Waals surface area contributed by atoms with Gasteiger partial charge in [-0.1, -0.05) is 30.3 Å². The van der Waals surface area contributed by atoms with Crippen molar-refractivity contribution in [3.05, 3.63) is 30.3 Å². The van der Waals surface area contributed by atoms with Crippen LogP contribution in [0.3, 0.4) is 0 Å². The van der Waals surface area contributed by atoms with E-state index in [1.165, 1.54) is 0 Å². The largest absolute Gasteiger partial charge is 0.173 e. The summed E-state index contributed by atoms with van der Waals surface area (Å²) in [6.07, 6.45) is 0. The highest BCUT2D eigenvalue weighted by atomic mass is 31.1. The Hall–Kier alpha value is -0.220. The van der Waals surface area contributed by atoms with Crippen molar-refractivity contribution >= 4 is 28.1 Å². The maximum absolute atomic E-state index is 5.46. The van der Waals surface area contributed by atoms with Crippen molar-refractivity contribution in [3.63, 3.8) is 0 Å². The minimum absolute atomic E-state index is 0.896. The van der Waals surface area contributed by atoms with Gasteiger partial charge in [-0.25, -0.2) is 0 Å². The molecule has 0 unspecified atom stereocenters. The van der Waals surface area contributed by atoms with Gasteiger partial charge >= 0.3 is 0 Å². The van der Waals surface area contributed by atoms with Crippen LogP contribution in [0.2, 0.25) is 0 Å². The van der Waals surface area contributed by atoms with Crippen LogP contribution in [0.25, 0.3) is 0 Å². The van der Waals surface area contributed by atoms with Crippen molar-refractivity contribution in [2.75, 3.05) is 0 Å². The quantitative estimate of drug-likeness (QED) is 0.392. The molecule has 0 bridgehead atoms. The van der Waals surface area contributed by atoms with Crippen LogP contribution in [-0.4, -0.2) is 15.1 Å². The smallest absolute Gasteiger partial charge is 0.101 e. The molecule has 0 nitrogen and oxygen atoms in total. The van der Waals surface area contributed by atoms with Crippen molar-refractivity contribution in [1.82, 2.24) is 0 Å². The summed E-state index contributed by atoms with van der Waals surface area (Å²) in [5.74, 6) is 0. The van der Waals surface area contributed by atoms with Gasteiger partial charge in [-0.3, -0.25) is 0 Å². The van der Waals surface area contributed by atoms with Crippen molar-refractivity contribution < 1.29 is 0 Å². The Morgan fingerprint density at radius 3 is 1.89 bits per heavy atom. The van der Waals surface area contributed by atoms with Crippen LogP contribution in [-0.2, 0) is 0 Å². The molecule has 9 heavy (non-hydrogen) atoms. The first-order valence-electron chi connectivity index (χ1n) is 2.65. The molecule has 0 saturated carbocycles. The molecule has 4 radical (unpaired) electrons. The Morgan fingerprint density at radius 1 is 1.00 bits per heavy atom. The van der Waals surface area contributed by atoms with Crippen molar-refractivity contribution in [3.8, 4) is 0 Å². The lowest BCUT2D eigenvalue weighted by Crippen LogP contribution is -1.97. The molecule has 0 heterocycles. The number of rotatable bonds is 1. The van der Waals surface area contributed by atoms with Crippen molar-refractivity contribution in [1.29, 1.82) is 0 Å². The van der Waals surface area contributed by atoms with Gasteiger partial charge in [0.15, 0.2) is 0 Å². The van der Waals surface area contributed by atoms with Gasteiger partial charge in [0.05, 0.1) is 0 Å². The molecule has 0 atom stereocenters. The van der Waals surface area contributed by atoms with Crippen LogP contribution in [0.15, 0.2) is 30.3 Å². The molecular formula is C6H5B2P. The van der Waals surface area contributed by atoms with Crippen LogP contribution >= 0.6 is 7.68 Å². The van der Waals surface area contributed by atoms with Crippen molar-refractivity contribution in [2.45, 2.75) is 0 Å². The normalized spacial score (nSPS) is 9.89. The Kier molecular flexibility index (Phi) is 2.36. The fraction of sp³-hybridized carbons (Fsp3) is 0. The highest BCUT2D eigenvalue weighted by Crippen LogP contribution is 2.18. The third-order valence-corrected chi connectivity index (χ3v) is 1.95. The van der Waals surface area contributed by atoms with E-state index in [2.05, 4.69) is 0 Å². The SMILES string of the molecule is [B]P([B])c1ccccc1. The predicted octanol–water partition coefficient (Wildman–Crippen LogP) is 0.961. The molecule has 1 aromatic rings. The van der Waals surface area contributed by atoms with Gasteiger partial charge in [0.2, 0.25) is 0 Å². The maximum atomic E-state index is 5.46. The fourth-order valence-electron chi connectivity index (χ4n) is 0.600. The molecule has 0 N–H and O–H groups in total. The van der Waals surface area contributed by atoms with Gasteiger partial charge in [0.25, 0.3) is 0 Å². The van der Waals surface area contributed by atoms with E-state index in [1.54, 1.807) is 0 Å². The topological polar surface area (TPSA) is 0 Å². The van der Waals surface area contributed by atoms with Crippen molar-refractivity contribution in [2.24, 2.45) is 0 Å². The highest BCUT2D eigenvalue weighted by molar-refractivity contribution is 8.06. The van der Waals surface area contributed by atoms with E-state index in [0.717, 1.165) is 5.30 Å². The molecule has 40 valence electrons. The zero-order valence-electron chi connectivity index (χ0n) is 4.99. The van der Waals surface area contributed by atoms with Gasteiger partial charge in [-0.2, -0.15) is 7.68 Å². The average molecular weight is 130 g/mol. The lowest BCUT2D eigenvalue weighted by molar-refractivity contribution is 1.78. The van der Waals surface area contributed by atoms with Crippen LogP contribution < -0.4 is 5.30 Å². The van der Waals surface area contributed by atoms with Gasteiger partial charge in [-0.05, 0) is 5.30 Å². The van der Waals surface area contributed by atoms with E-state index >= 15 is 0 Å². The third kappa shape index (κ3) is 1.87. The molecule has 0 aromatic heterocycles. The summed E-state index contributed by atoms with van der Waals surface area (Å²) in [6.45, 7) is 0. The van der Waals surface area contributed by atoms with Crippen LogP contribution in [0.4, 0.5) is 0 Å². The zero-order valence-corrected chi connectivity index (χ0v) is 5.88. The third-order valence-electron chi connectivity index (χ3n) is 1.05. The minimum atomic E-state index is -0.896. The molecule has 0 aliphatic carbocycles. The number of hydrogen-bond donors (Lipinski definition) is 0. The Morgan fingerprint density at radius 2 is 1.56 bits per heavy atom. The molecule has 0 saturated heterocycles. The summed E-state index contributed by atoms with van der Waals surface area (Å²) in [7, 11) is 10.0.